The Hall–Kier alpha value is -3.76. The van der Waals surface area contributed by atoms with E-state index in [-0.39, 0.29) is 18.9 Å². The molecule has 0 bridgehead atoms. The Bertz CT molecular complexity index is 1140. The maximum atomic E-state index is 13.4. The summed E-state index contributed by atoms with van der Waals surface area (Å²) in [6.07, 6.45) is 4.95. The van der Waals surface area contributed by atoms with E-state index in [2.05, 4.69) is 16.0 Å². The number of nitrogens with zero attached hydrogens (tertiary/aromatic N) is 1. The molecule has 39 heavy (non-hydrogen) atoms. The molecule has 9 nitrogen and oxygen atoms in total. The second-order valence-electron chi connectivity index (χ2n) is 9.37. The van der Waals surface area contributed by atoms with Crippen molar-refractivity contribution in [3.05, 3.63) is 71.6 Å². The number of hydrogen-bond donors (Lipinski definition) is 4. The lowest BCUT2D eigenvalue weighted by Crippen LogP contribution is -2.58. The highest BCUT2D eigenvalue weighted by Gasteiger charge is 2.32. The number of benzene rings is 2. The van der Waals surface area contributed by atoms with Crippen LogP contribution in [0.4, 0.5) is 4.39 Å². The minimum atomic E-state index is -1.20. The van der Waals surface area contributed by atoms with Crippen molar-refractivity contribution < 1.29 is 28.6 Å². The molecule has 1 aliphatic heterocycles. The van der Waals surface area contributed by atoms with E-state index in [0.29, 0.717) is 30.9 Å². The summed E-state index contributed by atoms with van der Waals surface area (Å²) >= 11 is 0. The summed E-state index contributed by atoms with van der Waals surface area (Å²) in [5.74, 6) is -1.23. The molecular formula is C29H37FN4O5. The maximum Gasteiger partial charge on any atom is 0.245 e. The van der Waals surface area contributed by atoms with E-state index in [1.54, 1.807) is 6.08 Å². The highest BCUT2D eigenvalue weighted by atomic mass is 19.1. The Balaban J connectivity index is 1.90. The number of likely N-dealkylation sites (N-methyl/N-ethyl adjacent to an activating group) is 1. The molecule has 0 aliphatic carbocycles. The molecule has 0 aromatic heterocycles. The number of nitrogens with one attached hydrogen (secondary N) is 3. The summed E-state index contributed by atoms with van der Waals surface area (Å²) < 4.78 is 19.4. The second kappa shape index (κ2) is 15.0. The predicted molar refractivity (Wildman–Crippen MR) is 146 cm³/mol. The summed E-state index contributed by atoms with van der Waals surface area (Å²) in [4.78, 5) is 40.9. The first-order chi connectivity index (χ1) is 18.8. The Morgan fingerprint density at radius 1 is 1.05 bits per heavy atom. The normalized spacial score (nSPS) is 22.5. The van der Waals surface area contributed by atoms with Crippen molar-refractivity contribution in [1.29, 1.82) is 0 Å². The summed E-state index contributed by atoms with van der Waals surface area (Å²) in [5, 5.41) is 18.7. The molecule has 3 atom stereocenters. The first kappa shape index (κ1) is 29.8. The number of para-hydroxylation sites is 1. The summed E-state index contributed by atoms with van der Waals surface area (Å²) in [6, 6.07) is 10.3. The minimum Gasteiger partial charge on any atom is -0.492 e. The number of rotatable bonds is 5. The third kappa shape index (κ3) is 8.62. The average Bonchev–Trinajstić information content (AvgIpc) is 2.93. The van der Waals surface area contributed by atoms with Crippen molar-refractivity contribution in [2.45, 2.75) is 44.3 Å². The lowest BCUT2D eigenvalue weighted by atomic mass is 10.0. The van der Waals surface area contributed by atoms with Gasteiger partial charge in [0.15, 0.2) is 0 Å². The van der Waals surface area contributed by atoms with Gasteiger partial charge in [0.1, 0.15) is 30.3 Å². The molecule has 0 spiro atoms. The van der Waals surface area contributed by atoms with E-state index in [0.717, 1.165) is 12.0 Å². The average molecular weight is 541 g/mol. The summed E-state index contributed by atoms with van der Waals surface area (Å²) in [5.41, 5.74) is 1.47. The molecule has 10 heteroatoms. The first-order valence-electron chi connectivity index (χ1n) is 13.2. The van der Waals surface area contributed by atoms with Crippen LogP contribution >= 0.6 is 0 Å². The van der Waals surface area contributed by atoms with Crippen LogP contribution in [0.15, 0.2) is 54.6 Å². The summed E-state index contributed by atoms with van der Waals surface area (Å²) in [6.45, 7) is 2.22. The fraction of sp³-hybridized carbons (Fsp3) is 0.414. The van der Waals surface area contributed by atoms with Gasteiger partial charge in [-0.15, -0.1) is 0 Å². The van der Waals surface area contributed by atoms with Gasteiger partial charge >= 0.3 is 0 Å². The number of hydrogen-bond acceptors (Lipinski definition) is 6. The Kier molecular flexibility index (Phi) is 11.4. The zero-order valence-corrected chi connectivity index (χ0v) is 22.4. The number of aliphatic hydroxyl groups excluding tert-OH is 1. The Labute approximate surface area is 228 Å². The molecule has 3 amide bonds. The second-order valence-corrected chi connectivity index (χ2v) is 9.37. The van der Waals surface area contributed by atoms with Crippen LogP contribution in [0.3, 0.4) is 0 Å². The standard InChI is InChI=1S/C29H37FN4O5/c1-3-7-23-29(38)34(2)25(19-35)28(37)33-24(18-20-11-13-22(30)14-12-20)27(36)32-15-6-9-21-8-4-5-10-26(21)39-17-16-31-23/h4-6,8-14,23-25,31,35H,3,7,15-19H2,1-2H3,(H,32,36)(H,33,37)/b9-6+/t23?,24-,25+/m1/s1. The van der Waals surface area contributed by atoms with Gasteiger partial charge in [0.2, 0.25) is 17.7 Å². The third-order valence-corrected chi connectivity index (χ3v) is 6.51. The Morgan fingerprint density at radius 2 is 1.79 bits per heavy atom. The number of ether oxygens (including phenoxy) is 1. The molecule has 1 unspecified atom stereocenters. The van der Waals surface area contributed by atoms with Crippen molar-refractivity contribution in [2.75, 3.05) is 33.4 Å². The molecule has 4 N–H and O–H groups in total. The van der Waals surface area contributed by atoms with Crippen LogP contribution in [0.2, 0.25) is 0 Å². The van der Waals surface area contributed by atoms with E-state index in [4.69, 9.17) is 4.74 Å². The molecule has 2 aromatic rings. The van der Waals surface area contributed by atoms with Gasteiger partial charge in [-0.05, 0) is 30.2 Å². The molecule has 0 saturated heterocycles. The van der Waals surface area contributed by atoms with Crippen molar-refractivity contribution in [1.82, 2.24) is 20.9 Å². The van der Waals surface area contributed by atoms with E-state index < -0.39 is 42.4 Å². The maximum absolute atomic E-state index is 13.4. The van der Waals surface area contributed by atoms with Gasteiger partial charge in [0.05, 0.1) is 12.6 Å². The smallest absolute Gasteiger partial charge is 0.245 e. The zero-order chi connectivity index (χ0) is 28.2. The highest BCUT2D eigenvalue weighted by molar-refractivity contribution is 5.93. The van der Waals surface area contributed by atoms with Gasteiger partial charge in [0, 0.05) is 32.1 Å². The number of fused-ring (bicyclic) bond motifs is 1. The molecule has 0 fully saturated rings. The molecule has 210 valence electrons. The highest BCUT2D eigenvalue weighted by Crippen LogP contribution is 2.19. The van der Waals surface area contributed by atoms with Crippen molar-refractivity contribution in [2.24, 2.45) is 0 Å². The molecule has 0 saturated carbocycles. The van der Waals surface area contributed by atoms with Gasteiger partial charge < -0.3 is 30.7 Å². The van der Waals surface area contributed by atoms with Crippen LogP contribution in [0.25, 0.3) is 6.08 Å². The fourth-order valence-corrected chi connectivity index (χ4v) is 4.33. The third-order valence-electron chi connectivity index (χ3n) is 6.51. The van der Waals surface area contributed by atoms with Gasteiger partial charge in [-0.25, -0.2) is 4.39 Å². The van der Waals surface area contributed by atoms with E-state index in [1.807, 2.05) is 37.3 Å². The predicted octanol–water partition coefficient (Wildman–Crippen LogP) is 1.65. The van der Waals surface area contributed by atoms with Crippen LogP contribution in [-0.2, 0) is 20.8 Å². The van der Waals surface area contributed by atoms with Gasteiger partial charge in [-0.3, -0.25) is 14.4 Å². The topological polar surface area (TPSA) is 120 Å². The van der Waals surface area contributed by atoms with Crippen molar-refractivity contribution in [3.8, 4) is 5.75 Å². The van der Waals surface area contributed by atoms with Crippen LogP contribution in [-0.4, -0.2) is 79.2 Å². The van der Waals surface area contributed by atoms with Gasteiger partial charge in [-0.2, -0.15) is 0 Å². The Morgan fingerprint density at radius 3 is 2.51 bits per heavy atom. The molecule has 1 aliphatic rings. The molecule has 2 aromatic carbocycles. The van der Waals surface area contributed by atoms with Crippen LogP contribution in [0, 0.1) is 5.82 Å². The first-order valence-corrected chi connectivity index (χ1v) is 13.2. The number of carbonyl (C=O) groups excluding carboxylic acids is 3. The number of carbonyl (C=O) groups is 3. The van der Waals surface area contributed by atoms with Crippen molar-refractivity contribution in [3.63, 3.8) is 0 Å². The van der Waals surface area contributed by atoms with Crippen molar-refractivity contribution >= 4 is 23.8 Å². The van der Waals surface area contributed by atoms with Gasteiger partial charge in [0.25, 0.3) is 0 Å². The monoisotopic (exact) mass is 540 g/mol. The van der Waals surface area contributed by atoms with E-state index in [1.165, 1.54) is 36.2 Å². The lowest BCUT2D eigenvalue weighted by Gasteiger charge is -2.31. The van der Waals surface area contributed by atoms with E-state index >= 15 is 0 Å². The van der Waals surface area contributed by atoms with Crippen LogP contribution < -0.4 is 20.7 Å². The SMILES string of the molecule is CCCC1NCCOc2ccccc2/C=C/CNC(=O)[C@@H](Cc2ccc(F)cc2)NC(=O)[C@H](CO)N(C)C1=O. The molecule has 3 rings (SSSR count). The molecular weight excluding hydrogens is 503 g/mol. The molecule has 1 heterocycles. The zero-order valence-electron chi connectivity index (χ0n) is 22.4. The number of aliphatic hydroxyl groups is 1. The lowest BCUT2D eigenvalue weighted by molar-refractivity contribution is -0.143. The van der Waals surface area contributed by atoms with Crippen LogP contribution in [0.1, 0.15) is 30.9 Å². The van der Waals surface area contributed by atoms with E-state index in [9.17, 15) is 23.9 Å². The molecule has 0 radical (unpaired) electrons. The fourth-order valence-electron chi connectivity index (χ4n) is 4.33. The number of amides is 3. The van der Waals surface area contributed by atoms with Crippen LogP contribution in [0.5, 0.6) is 5.75 Å². The summed E-state index contributed by atoms with van der Waals surface area (Å²) in [7, 11) is 1.46. The minimum absolute atomic E-state index is 0.0913. The van der Waals surface area contributed by atoms with Gasteiger partial charge in [-0.1, -0.05) is 55.8 Å². The quantitative estimate of drug-likeness (QED) is 0.458. The number of halogens is 1. The largest absolute Gasteiger partial charge is 0.492 e.